The molecule has 0 aliphatic heterocycles. The minimum absolute atomic E-state index is 0.00991. The lowest BCUT2D eigenvalue weighted by molar-refractivity contribution is -0.176. The number of nitrogens with zero attached hydrogens (tertiary/aromatic N) is 3. The molecule has 6 aromatic rings. The summed E-state index contributed by atoms with van der Waals surface area (Å²) in [6, 6.07) is 20.2. The van der Waals surface area contributed by atoms with Crippen molar-refractivity contribution in [1.29, 1.82) is 5.26 Å². The maximum atomic E-state index is 14.8. The molecule has 6 rings (SSSR count). The molecule has 0 spiro atoms. The molecule has 0 saturated heterocycles. The van der Waals surface area contributed by atoms with Gasteiger partial charge in [0.05, 0.1) is 55.1 Å². The molecule has 0 bridgehead atoms. The molecule has 0 fully saturated rings. The van der Waals surface area contributed by atoms with Crippen molar-refractivity contribution in [2.45, 2.75) is 48.6 Å². The molecule has 67 heavy (non-hydrogen) atoms. The van der Waals surface area contributed by atoms with Crippen LogP contribution < -0.4 is 38.5 Å². The zero-order chi connectivity index (χ0) is 49.8. The number of carbonyl (C=O) groups is 3. The molecule has 2 atom stereocenters. The van der Waals surface area contributed by atoms with E-state index in [2.05, 4.69) is 30.0 Å². The van der Waals surface area contributed by atoms with E-state index in [4.69, 9.17) is 27.7 Å². The number of carbonyl (C=O) groups excluding carboxylic acids is 3. The maximum absolute atomic E-state index is 14.8. The number of anilines is 6. The predicted molar refractivity (Wildman–Crippen MR) is 251 cm³/mol. The van der Waals surface area contributed by atoms with Crippen LogP contribution in [0.2, 0.25) is 0 Å². The lowest BCUT2D eigenvalue weighted by Gasteiger charge is -2.19. The van der Waals surface area contributed by atoms with Crippen molar-refractivity contribution in [3.63, 3.8) is 0 Å². The Morgan fingerprint density at radius 1 is 0.657 bits per heavy atom. The molecule has 0 radical (unpaired) electrons. The number of primary amides is 3. The smallest absolute Gasteiger partial charge is 0.250 e. The summed E-state index contributed by atoms with van der Waals surface area (Å²) in [7, 11) is -6.71. The van der Waals surface area contributed by atoms with Crippen LogP contribution in [0.1, 0.15) is 38.4 Å². The van der Waals surface area contributed by atoms with Gasteiger partial charge < -0.3 is 38.5 Å². The first-order valence-electron chi connectivity index (χ1n) is 19.2. The number of amides is 3. The third-order valence-electron chi connectivity index (χ3n) is 9.30. The number of nitriles is 1. The number of aromatic nitrogens is 2. The third-order valence-corrected chi connectivity index (χ3v) is 13.1. The van der Waals surface area contributed by atoms with Gasteiger partial charge in [-0.1, -0.05) is 24.3 Å². The molecule has 2 aromatic heterocycles. The second kappa shape index (κ2) is 22.9. The van der Waals surface area contributed by atoms with E-state index in [0.29, 0.717) is 26.8 Å². The number of halogens is 2. The van der Waals surface area contributed by atoms with Crippen molar-refractivity contribution in [1.82, 2.24) is 8.75 Å². The lowest BCUT2D eigenvalue weighted by atomic mass is 10.0. The summed E-state index contributed by atoms with van der Waals surface area (Å²) in [5, 5.41) is 34.2. The molecule has 25 heteroatoms. The largest absolute Gasteiger partial charge is 0.371 e. The first-order chi connectivity index (χ1) is 31.5. The fraction of sp³-hybridized carbons (Fsp3) is 0.190. The Morgan fingerprint density at radius 3 is 1.39 bits per heavy atom. The number of sulfone groups is 2. The van der Waals surface area contributed by atoms with Gasteiger partial charge in [0, 0.05) is 25.4 Å². The molecule has 0 saturated carbocycles. The number of nitrogens with one attached hydrogen (secondary N) is 4. The highest BCUT2D eigenvalue weighted by molar-refractivity contribution is 7.91. The fourth-order valence-corrected chi connectivity index (χ4v) is 8.63. The van der Waals surface area contributed by atoms with Crippen molar-refractivity contribution in [3.05, 3.63) is 130 Å². The van der Waals surface area contributed by atoms with E-state index in [1.54, 1.807) is 43.3 Å². The Balaban J connectivity index is 0.000000282. The highest BCUT2D eigenvalue weighted by Gasteiger charge is 2.23. The summed E-state index contributed by atoms with van der Waals surface area (Å²) in [6.45, 7) is 3.62. The Labute approximate surface area is 391 Å². The Hall–Kier alpha value is -7.08. The summed E-state index contributed by atoms with van der Waals surface area (Å²) in [5.74, 6) is -3.80. The Bertz CT molecular complexity index is 3020. The summed E-state index contributed by atoms with van der Waals surface area (Å²) in [6.07, 6.45) is 2.37. The van der Waals surface area contributed by atoms with Crippen LogP contribution in [-0.4, -0.2) is 78.4 Å². The molecule has 19 nitrogen and oxygen atoms in total. The van der Waals surface area contributed by atoms with Crippen LogP contribution in [0.15, 0.2) is 94.7 Å². The van der Waals surface area contributed by atoms with Gasteiger partial charge in [-0.05, 0) is 109 Å². The lowest BCUT2D eigenvalue weighted by Crippen LogP contribution is -2.37. The van der Waals surface area contributed by atoms with Gasteiger partial charge in [0.1, 0.15) is 39.8 Å². The van der Waals surface area contributed by atoms with Crippen molar-refractivity contribution in [2.24, 2.45) is 17.2 Å². The summed E-state index contributed by atoms with van der Waals surface area (Å²) in [5.41, 5.74) is 19.7. The van der Waals surface area contributed by atoms with Gasteiger partial charge in [-0.3, -0.25) is 24.9 Å². The standard InChI is InChI=1S/C21H22FN5O4S2.C21H20FN5O3S2.H2O2/c1-11-7-19(32-27-11)26-16-10-17(15(22)9-14(16)20(23)28)25-18(21(24)29)8-12-3-5-13(6-4-12)33(2,30)31;1-12-7-20(31-27-12)26-17-10-18(16(22)9-14(17)11-23)25-19(21(24)28)8-13-3-5-15(6-4-13)32(2,29)30;1-2/h3-7,9-10,18,25-26H,8H2,1-2H3,(H2,23,28)(H2,24,29);3-7,9-10,19,25-26H,8H2,1-2H3,(H2,24,28);1-2H/t18-;19-;/m11./s1. The van der Waals surface area contributed by atoms with Crippen LogP contribution in [0.4, 0.5) is 41.5 Å². The predicted octanol–water partition coefficient (Wildman–Crippen LogP) is 5.48. The first kappa shape index (κ1) is 52.5. The van der Waals surface area contributed by atoms with E-state index in [-0.39, 0.29) is 50.8 Å². The second-order valence-corrected chi connectivity index (χ2v) is 20.2. The number of rotatable bonds is 17. The average Bonchev–Trinajstić information content (AvgIpc) is 3.88. The molecule has 12 N–H and O–H groups in total. The highest BCUT2D eigenvalue weighted by Crippen LogP contribution is 2.31. The molecule has 4 aromatic carbocycles. The zero-order valence-electron chi connectivity index (χ0n) is 35.9. The van der Waals surface area contributed by atoms with Crippen molar-refractivity contribution < 1.29 is 50.5 Å². The summed E-state index contributed by atoms with van der Waals surface area (Å²) in [4.78, 5) is 36.2. The minimum Gasteiger partial charge on any atom is -0.371 e. The van der Waals surface area contributed by atoms with Crippen molar-refractivity contribution >= 4 is 93.2 Å². The minimum atomic E-state index is -3.36. The fourth-order valence-electron chi connectivity index (χ4n) is 6.02. The van der Waals surface area contributed by atoms with Gasteiger partial charge in [-0.15, -0.1) is 0 Å². The third kappa shape index (κ3) is 15.0. The van der Waals surface area contributed by atoms with Gasteiger partial charge in [-0.2, -0.15) is 14.0 Å². The van der Waals surface area contributed by atoms with Gasteiger partial charge >= 0.3 is 0 Å². The van der Waals surface area contributed by atoms with Crippen LogP contribution in [0.5, 0.6) is 0 Å². The number of aryl methyl sites for hydroxylation is 2. The van der Waals surface area contributed by atoms with E-state index in [0.717, 1.165) is 47.6 Å². The Morgan fingerprint density at radius 2 is 1.04 bits per heavy atom. The number of benzene rings is 4. The van der Waals surface area contributed by atoms with Crippen LogP contribution in [-0.2, 0) is 42.1 Å². The van der Waals surface area contributed by atoms with Crippen LogP contribution in [0.25, 0.3) is 0 Å². The second-order valence-electron chi connectivity index (χ2n) is 14.6. The summed E-state index contributed by atoms with van der Waals surface area (Å²) < 4.78 is 84.2. The molecule has 0 aliphatic rings. The monoisotopic (exact) mass is 998 g/mol. The molecule has 354 valence electrons. The molecular formula is C42H44F2N10O9S4. The molecule has 0 unspecified atom stereocenters. The van der Waals surface area contributed by atoms with Gasteiger partial charge in [0.15, 0.2) is 19.7 Å². The van der Waals surface area contributed by atoms with Crippen molar-refractivity contribution in [2.75, 3.05) is 33.8 Å². The SMILES string of the molecule is Cc1cc(Nc2cc(N[C@H](Cc3ccc(S(C)(=O)=O)cc3)C(N)=O)c(F)cc2C#N)sn1.Cc1cc(Nc2cc(N[C@H](Cc3ccc(S(C)(=O)=O)cc3)C(N)=O)c(F)cc2C(N)=O)sn1.OO. The number of hydrogen-bond acceptors (Lipinski definition) is 18. The average molecular weight is 999 g/mol. The normalized spacial score (nSPS) is 11.9. The van der Waals surface area contributed by atoms with E-state index < -0.39 is 61.1 Å². The van der Waals surface area contributed by atoms with E-state index >= 15 is 0 Å². The maximum Gasteiger partial charge on any atom is 0.250 e. The zero-order valence-corrected chi connectivity index (χ0v) is 39.1. The molecule has 3 amide bonds. The van der Waals surface area contributed by atoms with Gasteiger partial charge in [0.2, 0.25) is 11.8 Å². The quantitative estimate of drug-likeness (QED) is 0.0403. The topological polar surface area (TPSA) is 336 Å². The van der Waals surface area contributed by atoms with Crippen LogP contribution in [0, 0.1) is 36.8 Å². The first-order valence-corrected chi connectivity index (χ1v) is 24.5. The van der Waals surface area contributed by atoms with Gasteiger partial charge in [0.25, 0.3) is 5.91 Å². The Kier molecular flexibility index (Phi) is 18.0. The number of nitrogens with two attached hydrogens (primary N) is 3. The van der Waals surface area contributed by atoms with Gasteiger partial charge in [-0.25, -0.2) is 25.6 Å². The van der Waals surface area contributed by atoms with E-state index in [9.17, 15) is 45.3 Å². The van der Waals surface area contributed by atoms with E-state index in [1.165, 1.54) is 47.9 Å². The molecular weight excluding hydrogens is 955 g/mol. The molecule has 2 heterocycles. The summed E-state index contributed by atoms with van der Waals surface area (Å²) >= 11 is 2.35. The van der Waals surface area contributed by atoms with Crippen molar-refractivity contribution in [3.8, 4) is 6.07 Å². The number of hydrogen-bond donors (Lipinski definition) is 9. The van der Waals surface area contributed by atoms with Crippen LogP contribution in [0.3, 0.4) is 0 Å². The van der Waals surface area contributed by atoms with E-state index in [1.807, 2.05) is 13.0 Å². The van der Waals surface area contributed by atoms with Crippen LogP contribution >= 0.6 is 23.1 Å². The molecule has 0 aliphatic carbocycles. The highest BCUT2D eigenvalue weighted by atomic mass is 32.2.